The Bertz CT molecular complexity index is 566. The highest BCUT2D eigenvalue weighted by Crippen LogP contribution is 2.26. The Labute approximate surface area is 147 Å². The first-order valence-corrected chi connectivity index (χ1v) is 8.19. The molecule has 132 valence electrons. The molecule has 0 aromatic heterocycles. The SMILES string of the molecule is CCOC(=O)N1CCN(C(=S)Nc2cc(OC)cc(OC)c2)CC1. The van der Waals surface area contributed by atoms with E-state index < -0.39 is 0 Å². The number of carbonyl (C=O) groups excluding carboxylic acids is 1. The molecule has 0 bridgehead atoms. The van der Waals surface area contributed by atoms with Gasteiger partial charge < -0.3 is 29.3 Å². The predicted molar refractivity (Wildman–Crippen MR) is 95.9 cm³/mol. The molecule has 7 nitrogen and oxygen atoms in total. The number of benzene rings is 1. The lowest BCUT2D eigenvalue weighted by Gasteiger charge is -2.35. The molecule has 8 heteroatoms. The monoisotopic (exact) mass is 353 g/mol. The summed E-state index contributed by atoms with van der Waals surface area (Å²) in [5.74, 6) is 1.37. The summed E-state index contributed by atoms with van der Waals surface area (Å²) in [6, 6.07) is 5.50. The van der Waals surface area contributed by atoms with Crippen LogP contribution in [0, 0.1) is 0 Å². The van der Waals surface area contributed by atoms with Gasteiger partial charge in [0.15, 0.2) is 5.11 Å². The summed E-state index contributed by atoms with van der Waals surface area (Å²) in [5.41, 5.74) is 0.795. The predicted octanol–water partition coefficient (Wildman–Crippen LogP) is 2.17. The van der Waals surface area contributed by atoms with Gasteiger partial charge >= 0.3 is 6.09 Å². The highest BCUT2D eigenvalue weighted by atomic mass is 32.1. The summed E-state index contributed by atoms with van der Waals surface area (Å²) in [7, 11) is 3.21. The molecule has 0 spiro atoms. The number of methoxy groups -OCH3 is 2. The van der Waals surface area contributed by atoms with Crippen molar-refractivity contribution in [1.82, 2.24) is 9.80 Å². The molecule has 1 aromatic rings. The Morgan fingerprint density at radius 1 is 1.08 bits per heavy atom. The van der Waals surface area contributed by atoms with Gasteiger partial charge in [0, 0.05) is 50.1 Å². The van der Waals surface area contributed by atoms with Gasteiger partial charge in [-0.05, 0) is 19.1 Å². The third-order valence-corrected chi connectivity index (χ3v) is 4.06. The number of nitrogens with zero attached hydrogens (tertiary/aromatic N) is 2. The maximum Gasteiger partial charge on any atom is 0.409 e. The maximum absolute atomic E-state index is 11.7. The van der Waals surface area contributed by atoms with Crippen LogP contribution < -0.4 is 14.8 Å². The van der Waals surface area contributed by atoms with Gasteiger partial charge in [-0.2, -0.15) is 0 Å². The van der Waals surface area contributed by atoms with Crippen LogP contribution in [0.3, 0.4) is 0 Å². The van der Waals surface area contributed by atoms with Gasteiger partial charge in [-0.1, -0.05) is 0 Å². The molecule has 0 radical (unpaired) electrons. The zero-order valence-electron chi connectivity index (χ0n) is 14.2. The van der Waals surface area contributed by atoms with E-state index in [1.807, 2.05) is 17.0 Å². The van der Waals surface area contributed by atoms with Gasteiger partial charge in [-0.25, -0.2) is 4.79 Å². The number of thiocarbonyl (C=S) groups is 1. The summed E-state index contributed by atoms with van der Waals surface area (Å²) in [5, 5.41) is 3.80. The van der Waals surface area contributed by atoms with Crippen molar-refractivity contribution in [1.29, 1.82) is 0 Å². The van der Waals surface area contributed by atoms with E-state index in [0.29, 0.717) is 49.4 Å². The lowest BCUT2D eigenvalue weighted by molar-refractivity contribution is 0.0923. The van der Waals surface area contributed by atoms with Gasteiger partial charge in [0.1, 0.15) is 11.5 Å². The molecule has 1 aliphatic rings. The number of rotatable bonds is 4. The molecular formula is C16H23N3O4S. The second-order valence-electron chi connectivity index (χ2n) is 5.20. The summed E-state index contributed by atoms with van der Waals surface area (Å²) >= 11 is 5.47. The molecule has 1 heterocycles. The topological polar surface area (TPSA) is 63.3 Å². The normalized spacial score (nSPS) is 14.1. The van der Waals surface area contributed by atoms with Crippen LogP contribution in [-0.4, -0.2) is 68.0 Å². The first-order valence-electron chi connectivity index (χ1n) is 7.78. The molecule has 0 atom stereocenters. The van der Waals surface area contributed by atoms with Crippen molar-refractivity contribution in [3.63, 3.8) is 0 Å². The van der Waals surface area contributed by atoms with Crippen molar-refractivity contribution >= 4 is 29.1 Å². The quantitative estimate of drug-likeness (QED) is 0.832. The largest absolute Gasteiger partial charge is 0.497 e. The van der Waals surface area contributed by atoms with E-state index in [1.165, 1.54) is 0 Å². The van der Waals surface area contributed by atoms with Crippen LogP contribution in [0.2, 0.25) is 0 Å². The van der Waals surface area contributed by atoms with Crippen molar-refractivity contribution in [2.45, 2.75) is 6.92 Å². The first kappa shape index (κ1) is 18.1. The van der Waals surface area contributed by atoms with Crippen LogP contribution in [-0.2, 0) is 4.74 Å². The third kappa shape index (κ3) is 4.64. The zero-order chi connectivity index (χ0) is 17.5. The molecule has 1 aliphatic heterocycles. The third-order valence-electron chi connectivity index (χ3n) is 3.70. The van der Waals surface area contributed by atoms with Gasteiger partial charge in [-0.3, -0.25) is 0 Å². The Balaban J connectivity index is 1.93. The zero-order valence-corrected chi connectivity index (χ0v) is 15.0. The number of hydrogen-bond donors (Lipinski definition) is 1. The molecule has 1 saturated heterocycles. The maximum atomic E-state index is 11.7. The molecule has 2 rings (SSSR count). The standard InChI is InChI=1S/C16H23N3O4S/c1-4-23-16(20)19-7-5-18(6-8-19)15(24)17-12-9-13(21-2)11-14(10-12)22-3/h9-11H,4-8H2,1-3H3,(H,17,24). The molecule has 1 N–H and O–H groups in total. The number of hydrogen-bond acceptors (Lipinski definition) is 5. The van der Waals surface area contributed by atoms with Crippen LogP contribution in [0.4, 0.5) is 10.5 Å². The summed E-state index contributed by atoms with van der Waals surface area (Å²) < 4.78 is 15.5. The number of anilines is 1. The van der Waals surface area contributed by atoms with E-state index in [9.17, 15) is 4.79 Å². The van der Waals surface area contributed by atoms with E-state index in [2.05, 4.69) is 5.32 Å². The fraction of sp³-hybridized carbons (Fsp3) is 0.500. The lowest BCUT2D eigenvalue weighted by atomic mass is 10.2. The summed E-state index contributed by atoms with van der Waals surface area (Å²) in [6.07, 6.45) is -0.270. The average molecular weight is 353 g/mol. The number of carbonyl (C=O) groups is 1. The fourth-order valence-electron chi connectivity index (χ4n) is 2.39. The van der Waals surface area contributed by atoms with Crippen molar-refractivity contribution in [2.24, 2.45) is 0 Å². The molecule has 1 aromatic carbocycles. The molecular weight excluding hydrogens is 330 g/mol. The minimum absolute atomic E-state index is 0.270. The van der Waals surface area contributed by atoms with Gasteiger partial charge in [-0.15, -0.1) is 0 Å². The lowest BCUT2D eigenvalue weighted by Crippen LogP contribution is -2.51. The van der Waals surface area contributed by atoms with Gasteiger partial charge in [0.05, 0.1) is 20.8 Å². The number of amides is 1. The summed E-state index contributed by atoms with van der Waals surface area (Å²) in [6.45, 7) is 4.67. The van der Waals surface area contributed by atoms with E-state index in [4.69, 9.17) is 26.4 Å². The molecule has 1 amide bonds. The van der Waals surface area contributed by atoms with Crippen LogP contribution in [0.5, 0.6) is 11.5 Å². The van der Waals surface area contributed by atoms with Crippen LogP contribution >= 0.6 is 12.2 Å². The Hall–Kier alpha value is -2.22. The van der Waals surface area contributed by atoms with Crippen LogP contribution in [0.1, 0.15) is 6.92 Å². The van der Waals surface area contributed by atoms with Gasteiger partial charge in [0.25, 0.3) is 0 Å². The minimum atomic E-state index is -0.270. The highest BCUT2D eigenvalue weighted by molar-refractivity contribution is 7.80. The van der Waals surface area contributed by atoms with Crippen molar-refractivity contribution < 1.29 is 19.0 Å². The van der Waals surface area contributed by atoms with Crippen molar-refractivity contribution in [2.75, 3.05) is 52.3 Å². The van der Waals surface area contributed by atoms with Gasteiger partial charge in [0.2, 0.25) is 0 Å². The van der Waals surface area contributed by atoms with Crippen LogP contribution in [0.15, 0.2) is 18.2 Å². The minimum Gasteiger partial charge on any atom is -0.497 e. The smallest absolute Gasteiger partial charge is 0.409 e. The van der Waals surface area contributed by atoms with E-state index >= 15 is 0 Å². The fourth-order valence-corrected chi connectivity index (χ4v) is 2.69. The Morgan fingerprint density at radius 3 is 2.12 bits per heavy atom. The van der Waals surface area contributed by atoms with E-state index in [1.54, 1.807) is 32.1 Å². The molecule has 0 saturated carbocycles. The van der Waals surface area contributed by atoms with E-state index in [0.717, 1.165) is 5.69 Å². The number of nitrogens with one attached hydrogen (secondary N) is 1. The van der Waals surface area contributed by atoms with E-state index in [-0.39, 0.29) is 6.09 Å². The second kappa shape index (κ2) is 8.58. The number of piperazine rings is 1. The first-order chi connectivity index (χ1) is 11.6. The van der Waals surface area contributed by atoms with Crippen molar-refractivity contribution in [3.05, 3.63) is 18.2 Å². The average Bonchev–Trinajstić information content (AvgIpc) is 2.61. The molecule has 24 heavy (non-hydrogen) atoms. The van der Waals surface area contributed by atoms with Crippen LogP contribution in [0.25, 0.3) is 0 Å². The highest BCUT2D eigenvalue weighted by Gasteiger charge is 2.23. The molecule has 0 aliphatic carbocycles. The molecule has 1 fully saturated rings. The summed E-state index contributed by atoms with van der Waals surface area (Å²) in [4.78, 5) is 15.4. The second-order valence-corrected chi connectivity index (χ2v) is 5.59. The molecule has 0 unspecified atom stereocenters. The Morgan fingerprint density at radius 2 is 1.62 bits per heavy atom. The number of ether oxygens (including phenoxy) is 3. The Kier molecular flexibility index (Phi) is 6.48. The van der Waals surface area contributed by atoms with Crippen molar-refractivity contribution in [3.8, 4) is 11.5 Å².